The van der Waals surface area contributed by atoms with Gasteiger partial charge >= 0.3 is 5.97 Å². The fraction of sp³-hybridized carbons (Fsp3) is 0.222. The summed E-state index contributed by atoms with van der Waals surface area (Å²) in [5.41, 5.74) is 0.261. The van der Waals surface area contributed by atoms with Crippen LogP contribution in [0.15, 0.2) is 12.1 Å². The van der Waals surface area contributed by atoms with Gasteiger partial charge in [0.1, 0.15) is 17.1 Å². The van der Waals surface area contributed by atoms with Gasteiger partial charge in [-0.1, -0.05) is 0 Å². The molecule has 0 fully saturated rings. The van der Waals surface area contributed by atoms with Crippen molar-refractivity contribution in [2.75, 3.05) is 6.79 Å². The molecule has 1 aliphatic heterocycles. The summed E-state index contributed by atoms with van der Waals surface area (Å²) in [5, 5.41) is 8.78. The number of fused-ring (bicyclic) bond motifs is 1. The number of hydrogen-bond donors (Lipinski definition) is 1. The van der Waals surface area contributed by atoms with Crippen LogP contribution in [0.1, 0.15) is 15.9 Å². The number of rotatable bonds is 1. The Bertz CT molecular complexity index is 389. The number of benzene rings is 1. The lowest BCUT2D eigenvalue weighted by atomic mass is 10.1. The van der Waals surface area contributed by atoms with Gasteiger partial charge in [-0.2, -0.15) is 0 Å². The molecule has 0 aliphatic carbocycles. The second kappa shape index (κ2) is 3.26. The summed E-state index contributed by atoms with van der Waals surface area (Å²) in [4.78, 5) is 10.7. The van der Waals surface area contributed by atoms with Gasteiger partial charge in [-0.15, -0.1) is 0 Å². The van der Waals surface area contributed by atoms with E-state index >= 15 is 0 Å². The zero-order valence-electron chi connectivity index (χ0n) is 7.12. The first-order valence-electron chi connectivity index (χ1n) is 3.95. The molecule has 4 nitrogen and oxygen atoms in total. The van der Waals surface area contributed by atoms with E-state index in [-0.39, 0.29) is 24.7 Å². The average Bonchev–Trinajstić information content (AvgIpc) is 2.16. The highest BCUT2D eigenvalue weighted by Gasteiger charge is 2.20. The lowest BCUT2D eigenvalue weighted by molar-refractivity contribution is -0.0173. The molecule has 0 radical (unpaired) electrons. The van der Waals surface area contributed by atoms with Gasteiger partial charge in [-0.05, 0) is 12.1 Å². The minimum atomic E-state index is -1.21. The predicted molar refractivity (Wildman–Crippen MR) is 43.6 cm³/mol. The Labute approximate surface area is 78.9 Å². The van der Waals surface area contributed by atoms with Crippen molar-refractivity contribution in [3.63, 3.8) is 0 Å². The van der Waals surface area contributed by atoms with Gasteiger partial charge in [0.15, 0.2) is 6.79 Å². The lowest BCUT2D eigenvalue weighted by Crippen LogP contribution is -2.15. The number of ether oxygens (including phenoxy) is 2. The highest BCUT2D eigenvalue weighted by Crippen LogP contribution is 2.29. The summed E-state index contributed by atoms with van der Waals surface area (Å²) in [5.74, 6) is -1.61. The standard InChI is InChI=1S/C9H7FO4/c10-6-1-5-3-13-4-14-8(5)7(2-6)9(11)12/h1-2H,3-4H2,(H,11,12). The highest BCUT2D eigenvalue weighted by molar-refractivity contribution is 5.91. The number of carbonyl (C=O) groups is 1. The molecule has 74 valence electrons. The molecule has 0 aromatic heterocycles. The van der Waals surface area contributed by atoms with Gasteiger partial charge in [0, 0.05) is 5.56 Å². The molecule has 0 amide bonds. The third-order valence-corrected chi connectivity index (χ3v) is 1.91. The van der Waals surface area contributed by atoms with Crippen molar-refractivity contribution >= 4 is 5.97 Å². The van der Waals surface area contributed by atoms with E-state index in [1.54, 1.807) is 0 Å². The summed E-state index contributed by atoms with van der Waals surface area (Å²) in [6, 6.07) is 2.15. The van der Waals surface area contributed by atoms with Crippen LogP contribution in [0.4, 0.5) is 4.39 Å². The Morgan fingerprint density at radius 3 is 3.00 bits per heavy atom. The third kappa shape index (κ3) is 1.42. The summed E-state index contributed by atoms with van der Waals surface area (Å²) < 4.78 is 22.8. The van der Waals surface area contributed by atoms with Gasteiger partial charge in [-0.3, -0.25) is 0 Å². The van der Waals surface area contributed by atoms with E-state index in [2.05, 4.69) is 0 Å². The smallest absolute Gasteiger partial charge is 0.339 e. The molecule has 0 atom stereocenters. The van der Waals surface area contributed by atoms with Crippen molar-refractivity contribution in [2.45, 2.75) is 6.61 Å². The van der Waals surface area contributed by atoms with Crippen LogP contribution in [-0.4, -0.2) is 17.9 Å². The highest BCUT2D eigenvalue weighted by atomic mass is 19.1. The number of aromatic carboxylic acids is 1. The fourth-order valence-electron chi connectivity index (χ4n) is 1.34. The van der Waals surface area contributed by atoms with Crippen LogP contribution in [0.5, 0.6) is 5.75 Å². The van der Waals surface area contributed by atoms with Crippen LogP contribution >= 0.6 is 0 Å². The van der Waals surface area contributed by atoms with E-state index in [1.807, 2.05) is 0 Å². The van der Waals surface area contributed by atoms with Crippen molar-refractivity contribution in [1.29, 1.82) is 0 Å². The molecule has 0 bridgehead atoms. The second-order valence-electron chi connectivity index (χ2n) is 2.86. The minimum Gasteiger partial charge on any atom is -0.478 e. The largest absolute Gasteiger partial charge is 0.478 e. The van der Waals surface area contributed by atoms with E-state index in [0.29, 0.717) is 5.56 Å². The number of carboxylic acids is 1. The Kier molecular flexibility index (Phi) is 2.09. The van der Waals surface area contributed by atoms with E-state index in [0.717, 1.165) is 6.07 Å². The van der Waals surface area contributed by atoms with Crippen LogP contribution in [0.25, 0.3) is 0 Å². The zero-order valence-corrected chi connectivity index (χ0v) is 7.12. The number of carboxylic acid groups (broad SMARTS) is 1. The Morgan fingerprint density at radius 1 is 1.50 bits per heavy atom. The Hall–Kier alpha value is -1.62. The van der Waals surface area contributed by atoms with Crippen LogP contribution < -0.4 is 4.74 Å². The Balaban J connectivity index is 2.58. The first-order valence-corrected chi connectivity index (χ1v) is 3.95. The maximum absolute atomic E-state index is 12.9. The van der Waals surface area contributed by atoms with Gasteiger partial charge in [0.25, 0.3) is 0 Å². The van der Waals surface area contributed by atoms with Crippen molar-refractivity contribution in [3.05, 3.63) is 29.1 Å². The molecule has 0 saturated carbocycles. The van der Waals surface area contributed by atoms with Gasteiger partial charge < -0.3 is 14.6 Å². The molecular formula is C9H7FO4. The lowest BCUT2D eigenvalue weighted by Gasteiger charge is -2.19. The van der Waals surface area contributed by atoms with Crippen LogP contribution in [-0.2, 0) is 11.3 Å². The summed E-state index contributed by atoms with van der Waals surface area (Å²) >= 11 is 0. The van der Waals surface area contributed by atoms with Crippen LogP contribution in [0, 0.1) is 5.82 Å². The molecule has 1 N–H and O–H groups in total. The quantitative estimate of drug-likeness (QED) is 0.740. The fourth-order valence-corrected chi connectivity index (χ4v) is 1.34. The van der Waals surface area contributed by atoms with Gasteiger partial charge in [-0.25, -0.2) is 9.18 Å². The summed E-state index contributed by atoms with van der Waals surface area (Å²) in [7, 11) is 0. The topological polar surface area (TPSA) is 55.8 Å². The van der Waals surface area contributed by atoms with E-state index in [1.165, 1.54) is 6.07 Å². The van der Waals surface area contributed by atoms with E-state index in [4.69, 9.17) is 14.6 Å². The van der Waals surface area contributed by atoms with Crippen LogP contribution in [0.2, 0.25) is 0 Å². The third-order valence-electron chi connectivity index (χ3n) is 1.91. The second-order valence-corrected chi connectivity index (χ2v) is 2.86. The van der Waals surface area contributed by atoms with Gasteiger partial charge in [0.2, 0.25) is 0 Å². The maximum Gasteiger partial charge on any atom is 0.339 e. The molecular weight excluding hydrogens is 191 g/mol. The molecule has 1 aliphatic rings. The van der Waals surface area contributed by atoms with E-state index < -0.39 is 11.8 Å². The molecule has 5 heteroatoms. The normalized spacial score (nSPS) is 14.4. The van der Waals surface area contributed by atoms with Crippen molar-refractivity contribution < 1.29 is 23.8 Å². The molecule has 1 aromatic rings. The SMILES string of the molecule is O=C(O)c1cc(F)cc2c1OCOC2. The molecule has 14 heavy (non-hydrogen) atoms. The molecule has 1 aromatic carbocycles. The molecule has 1 heterocycles. The van der Waals surface area contributed by atoms with Crippen molar-refractivity contribution in [1.82, 2.24) is 0 Å². The van der Waals surface area contributed by atoms with Crippen molar-refractivity contribution in [2.24, 2.45) is 0 Å². The first kappa shape index (κ1) is 8.96. The molecule has 0 spiro atoms. The predicted octanol–water partition coefficient (Wildman–Crippen LogP) is 1.39. The van der Waals surface area contributed by atoms with Crippen molar-refractivity contribution in [3.8, 4) is 5.75 Å². The minimum absolute atomic E-state index is 0.00108. The number of hydrogen-bond acceptors (Lipinski definition) is 3. The number of halogens is 1. The van der Waals surface area contributed by atoms with E-state index in [9.17, 15) is 9.18 Å². The average molecular weight is 198 g/mol. The first-order chi connectivity index (χ1) is 6.68. The summed E-state index contributed by atoms with van der Waals surface area (Å²) in [6.07, 6.45) is 0. The zero-order chi connectivity index (χ0) is 10.1. The monoisotopic (exact) mass is 198 g/mol. The maximum atomic E-state index is 12.9. The van der Waals surface area contributed by atoms with Gasteiger partial charge in [0.05, 0.1) is 6.61 Å². The Morgan fingerprint density at radius 2 is 2.29 bits per heavy atom. The van der Waals surface area contributed by atoms with Crippen LogP contribution in [0.3, 0.4) is 0 Å². The summed E-state index contributed by atoms with van der Waals surface area (Å²) in [6.45, 7) is 0.173. The molecule has 0 saturated heterocycles. The molecule has 0 unspecified atom stereocenters. The molecule has 2 rings (SSSR count).